The van der Waals surface area contributed by atoms with E-state index in [-0.39, 0.29) is 17.7 Å². The Morgan fingerprint density at radius 1 is 1.38 bits per heavy atom. The van der Waals surface area contributed by atoms with E-state index >= 15 is 0 Å². The van der Waals surface area contributed by atoms with Crippen molar-refractivity contribution in [1.82, 2.24) is 4.90 Å². The van der Waals surface area contributed by atoms with Crippen LogP contribution in [0.4, 0.5) is 4.39 Å². The Kier molecular flexibility index (Phi) is 5.17. The number of amides is 1. The number of nitrogens with zero attached hydrogens (tertiary/aromatic N) is 1. The zero-order chi connectivity index (χ0) is 15.4. The molecule has 1 aromatic rings. The summed E-state index contributed by atoms with van der Waals surface area (Å²) in [5, 5.41) is 0. The number of likely N-dealkylation sites (tertiary alicyclic amines) is 1. The van der Waals surface area contributed by atoms with Crippen molar-refractivity contribution in [3.63, 3.8) is 0 Å². The molecular weight excluding hydrogens is 271 g/mol. The van der Waals surface area contributed by atoms with Crippen molar-refractivity contribution in [2.45, 2.75) is 45.3 Å². The van der Waals surface area contributed by atoms with Crippen molar-refractivity contribution < 1.29 is 13.9 Å². The molecule has 1 aliphatic heterocycles. The van der Waals surface area contributed by atoms with Crippen LogP contribution in [-0.4, -0.2) is 36.0 Å². The fraction of sp³-hybridized carbons (Fsp3) is 0.562. The summed E-state index contributed by atoms with van der Waals surface area (Å²) in [5.74, 6) is -0.413. The fourth-order valence-corrected chi connectivity index (χ4v) is 2.57. The minimum Gasteiger partial charge on any atom is -0.478 e. The van der Waals surface area contributed by atoms with Gasteiger partial charge in [-0.2, -0.15) is 0 Å². The van der Waals surface area contributed by atoms with Crippen LogP contribution < -0.4 is 10.5 Å². The van der Waals surface area contributed by atoms with E-state index in [2.05, 4.69) is 0 Å². The maximum absolute atomic E-state index is 14.0. The summed E-state index contributed by atoms with van der Waals surface area (Å²) in [6, 6.07) is 4.76. The molecule has 1 aromatic carbocycles. The van der Waals surface area contributed by atoms with E-state index in [1.807, 2.05) is 6.92 Å². The molecule has 0 aromatic heterocycles. The standard InChI is InChI=1S/C16H23FN2O2/c1-11(18)9-13-5-6-15(14(17)10-13)21-12(2)16(20)19-7-3-4-8-19/h5-6,10-12H,3-4,7-9,18H2,1-2H3. The second kappa shape index (κ2) is 6.89. The Bertz CT molecular complexity index is 499. The van der Waals surface area contributed by atoms with Crippen molar-refractivity contribution >= 4 is 5.91 Å². The monoisotopic (exact) mass is 294 g/mol. The first-order valence-corrected chi connectivity index (χ1v) is 7.47. The van der Waals surface area contributed by atoms with Crippen molar-refractivity contribution in [2.24, 2.45) is 5.73 Å². The van der Waals surface area contributed by atoms with Gasteiger partial charge in [-0.05, 0) is 50.8 Å². The molecule has 2 atom stereocenters. The summed E-state index contributed by atoms with van der Waals surface area (Å²) < 4.78 is 19.5. The molecular formula is C16H23FN2O2. The van der Waals surface area contributed by atoms with Crippen molar-refractivity contribution in [1.29, 1.82) is 0 Å². The van der Waals surface area contributed by atoms with Gasteiger partial charge in [0, 0.05) is 19.1 Å². The minimum absolute atomic E-state index is 0.0214. The summed E-state index contributed by atoms with van der Waals surface area (Å²) in [6.45, 7) is 5.07. The Labute approximate surface area is 125 Å². The quantitative estimate of drug-likeness (QED) is 0.905. The summed E-state index contributed by atoms with van der Waals surface area (Å²) in [4.78, 5) is 13.9. The number of carbonyl (C=O) groups excluding carboxylic acids is 1. The van der Waals surface area contributed by atoms with Gasteiger partial charge in [0.2, 0.25) is 0 Å². The molecule has 116 valence electrons. The van der Waals surface area contributed by atoms with Crippen LogP contribution in [0.5, 0.6) is 5.75 Å². The van der Waals surface area contributed by atoms with Crippen LogP contribution in [-0.2, 0) is 11.2 Å². The van der Waals surface area contributed by atoms with Gasteiger partial charge in [-0.15, -0.1) is 0 Å². The molecule has 4 nitrogen and oxygen atoms in total. The zero-order valence-electron chi connectivity index (χ0n) is 12.6. The predicted octanol–water partition coefficient (Wildman–Crippen LogP) is 2.11. The van der Waals surface area contributed by atoms with Crippen LogP contribution in [0.25, 0.3) is 0 Å². The highest BCUT2D eigenvalue weighted by atomic mass is 19.1. The SMILES string of the molecule is CC(N)Cc1ccc(OC(C)C(=O)N2CCCC2)c(F)c1. The first-order chi connectivity index (χ1) is 9.97. The molecule has 2 unspecified atom stereocenters. The van der Waals surface area contributed by atoms with Crippen molar-refractivity contribution in [3.8, 4) is 5.75 Å². The molecule has 2 N–H and O–H groups in total. The predicted molar refractivity (Wildman–Crippen MR) is 79.7 cm³/mol. The van der Waals surface area contributed by atoms with E-state index in [0.29, 0.717) is 6.42 Å². The largest absolute Gasteiger partial charge is 0.478 e. The number of hydrogen-bond acceptors (Lipinski definition) is 3. The molecule has 0 aliphatic carbocycles. The van der Waals surface area contributed by atoms with Crippen LogP contribution >= 0.6 is 0 Å². The Morgan fingerprint density at radius 3 is 2.62 bits per heavy atom. The lowest BCUT2D eigenvalue weighted by Crippen LogP contribution is -2.38. The molecule has 1 heterocycles. The van der Waals surface area contributed by atoms with E-state index < -0.39 is 11.9 Å². The van der Waals surface area contributed by atoms with E-state index in [0.717, 1.165) is 31.5 Å². The third-order valence-electron chi connectivity index (χ3n) is 3.62. The van der Waals surface area contributed by atoms with Crippen molar-refractivity contribution in [2.75, 3.05) is 13.1 Å². The molecule has 1 aliphatic rings. The molecule has 21 heavy (non-hydrogen) atoms. The Morgan fingerprint density at radius 2 is 2.05 bits per heavy atom. The number of hydrogen-bond donors (Lipinski definition) is 1. The number of nitrogens with two attached hydrogens (primary N) is 1. The van der Waals surface area contributed by atoms with Crippen LogP contribution in [0.1, 0.15) is 32.3 Å². The number of benzene rings is 1. The molecule has 1 amide bonds. The summed E-state index contributed by atoms with van der Waals surface area (Å²) in [5.41, 5.74) is 6.53. The maximum Gasteiger partial charge on any atom is 0.263 e. The number of halogens is 1. The highest BCUT2D eigenvalue weighted by Gasteiger charge is 2.25. The molecule has 2 rings (SSSR count). The van der Waals surface area contributed by atoms with Gasteiger partial charge in [-0.3, -0.25) is 4.79 Å². The van der Waals surface area contributed by atoms with Gasteiger partial charge in [0.25, 0.3) is 5.91 Å². The highest BCUT2D eigenvalue weighted by molar-refractivity contribution is 5.81. The molecule has 5 heteroatoms. The van der Waals surface area contributed by atoms with Crippen molar-refractivity contribution in [3.05, 3.63) is 29.6 Å². The minimum atomic E-state index is -0.670. The van der Waals surface area contributed by atoms with Gasteiger partial charge in [0.1, 0.15) is 0 Å². The van der Waals surface area contributed by atoms with Gasteiger partial charge < -0.3 is 15.4 Å². The summed E-state index contributed by atoms with van der Waals surface area (Å²) >= 11 is 0. The van der Waals surface area contributed by atoms with Crippen LogP contribution in [0, 0.1) is 5.82 Å². The van der Waals surface area contributed by atoms with Gasteiger partial charge in [-0.25, -0.2) is 4.39 Å². The van der Waals surface area contributed by atoms with Crippen LogP contribution in [0.15, 0.2) is 18.2 Å². The first kappa shape index (κ1) is 15.8. The third kappa shape index (κ3) is 4.17. The summed E-state index contributed by atoms with van der Waals surface area (Å²) in [6.07, 6.45) is 1.99. The third-order valence-corrected chi connectivity index (χ3v) is 3.62. The second-order valence-electron chi connectivity index (χ2n) is 5.74. The fourth-order valence-electron chi connectivity index (χ4n) is 2.57. The topological polar surface area (TPSA) is 55.6 Å². The van der Waals surface area contributed by atoms with E-state index in [4.69, 9.17) is 10.5 Å². The first-order valence-electron chi connectivity index (χ1n) is 7.47. The molecule has 0 bridgehead atoms. The van der Waals surface area contributed by atoms with Gasteiger partial charge in [0.05, 0.1) is 0 Å². The van der Waals surface area contributed by atoms with Gasteiger partial charge in [0.15, 0.2) is 17.7 Å². The Balaban J connectivity index is 2.00. The molecule has 1 saturated heterocycles. The van der Waals surface area contributed by atoms with E-state index in [1.54, 1.807) is 24.0 Å². The van der Waals surface area contributed by atoms with E-state index in [9.17, 15) is 9.18 Å². The maximum atomic E-state index is 14.0. The average Bonchev–Trinajstić information content (AvgIpc) is 2.94. The average molecular weight is 294 g/mol. The molecule has 0 saturated carbocycles. The lowest BCUT2D eigenvalue weighted by Gasteiger charge is -2.21. The lowest BCUT2D eigenvalue weighted by atomic mass is 10.1. The number of ether oxygens (including phenoxy) is 1. The highest BCUT2D eigenvalue weighted by Crippen LogP contribution is 2.21. The van der Waals surface area contributed by atoms with Gasteiger partial charge in [-0.1, -0.05) is 6.07 Å². The molecule has 1 fully saturated rings. The summed E-state index contributed by atoms with van der Waals surface area (Å²) in [7, 11) is 0. The number of rotatable bonds is 5. The van der Waals surface area contributed by atoms with Gasteiger partial charge >= 0.3 is 0 Å². The lowest BCUT2D eigenvalue weighted by molar-refractivity contribution is -0.136. The zero-order valence-corrected chi connectivity index (χ0v) is 12.6. The molecule has 0 spiro atoms. The number of carbonyl (C=O) groups is 1. The van der Waals surface area contributed by atoms with E-state index in [1.165, 1.54) is 6.07 Å². The molecule has 0 radical (unpaired) electrons. The second-order valence-corrected chi connectivity index (χ2v) is 5.74. The van der Waals surface area contributed by atoms with Crippen LogP contribution in [0.2, 0.25) is 0 Å². The van der Waals surface area contributed by atoms with Crippen LogP contribution in [0.3, 0.4) is 0 Å². The normalized spacial score (nSPS) is 17.6. The smallest absolute Gasteiger partial charge is 0.263 e. The Hall–Kier alpha value is -1.62.